The number of furan rings is 1. The molecule has 0 atom stereocenters. The number of ether oxygens (including phenoxy) is 1. The average molecular weight is 390 g/mol. The Morgan fingerprint density at radius 3 is 2.24 bits per heavy atom. The molecule has 4 rings (SSSR count). The van der Waals surface area contributed by atoms with Crippen LogP contribution in [0.5, 0.6) is 5.75 Å². The molecule has 6 nitrogen and oxygen atoms in total. The van der Waals surface area contributed by atoms with Gasteiger partial charge in [-0.05, 0) is 29.8 Å². The Morgan fingerprint density at radius 1 is 0.862 bits per heavy atom. The first-order valence-corrected chi connectivity index (χ1v) is 9.53. The molecule has 0 N–H and O–H groups in total. The van der Waals surface area contributed by atoms with Crippen LogP contribution in [0, 0.1) is 0 Å². The second kappa shape index (κ2) is 8.22. The summed E-state index contributed by atoms with van der Waals surface area (Å²) in [6.45, 7) is 1.87. The molecule has 0 bridgehead atoms. The van der Waals surface area contributed by atoms with Crippen molar-refractivity contribution in [2.45, 2.75) is 0 Å². The molecule has 0 radical (unpaired) electrons. The molecule has 0 unspecified atom stereocenters. The first kappa shape index (κ1) is 18.8. The summed E-state index contributed by atoms with van der Waals surface area (Å²) in [5, 5.41) is 0. The van der Waals surface area contributed by atoms with Crippen molar-refractivity contribution >= 4 is 11.8 Å². The van der Waals surface area contributed by atoms with Gasteiger partial charge in [0.15, 0.2) is 5.76 Å². The zero-order valence-corrected chi connectivity index (χ0v) is 16.2. The van der Waals surface area contributed by atoms with Crippen LogP contribution in [-0.4, -0.2) is 54.9 Å². The van der Waals surface area contributed by atoms with E-state index < -0.39 is 0 Å². The Kier molecular flexibility index (Phi) is 5.33. The highest BCUT2D eigenvalue weighted by atomic mass is 16.5. The highest BCUT2D eigenvalue weighted by molar-refractivity contribution is 5.99. The molecule has 0 spiro atoms. The van der Waals surface area contributed by atoms with Gasteiger partial charge in [-0.15, -0.1) is 0 Å². The molecule has 3 aromatic rings. The molecule has 0 aliphatic carbocycles. The van der Waals surface area contributed by atoms with Gasteiger partial charge in [-0.3, -0.25) is 9.59 Å². The maximum absolute atomic E-state index is 13.0. The third kappa shape index (κ3) is 3.87. The summed E-state index contributed by atoms with van der Waals surface area (Å²) in [5.74, 6) is 0.779. The molecule has 2 aromatic carbocycles. The predicted molar refractivity (Wildman–Crippen MR) is 109 cm³/mol. The minimum Gasteiger partial charge on any atom is -0.497 e. The number of rotatable bonds is 4. The lowest BCUT2D eigenvalue weighted by Crippen LogP contribution is -2.50. The number of methoxy groups -OCH3 is 1. The fourth-order valence-corrected chi connectivity index (χ4v) is 3.51. The summed E-state index contributed by atoms with van der Waals surface area (Å²) in [6.07, 6.45) is 1.54. The van der Waals surface area contributed by atoms with Crippen molar-refractivity contribution < 1.29 is 18.7 Å². The van der Waals surface area contributed by atoms with E-state index in [-0.39, 0.29) is 11.8 Å². The Labute approximate surface area is 169 Å². The van der Waals surface area contributed by atoms with E-state index in [0.717, 1.165) is 11.1 Å². The predicted octanol–water partition coefficient (Wildman–Crippen LogP) is 3.55. The Bertz CT molecular complexity index is 1000. The summed E-state index contributed by atoms with van der Waals surface area (Å²) in [5.41, 5.74) is 2.31. The standard InChI is InChI=1S/C23H22N2O4/c1-28-19-9-5-8-18(16-19)22(26)24-11-13-25(14-12-24)23(27)21-20(10-15-29-21)17-6-3-2-4-7-17/h2-10,15-16H,11-14H2,1H3. The molecule has 1 aliphatic heterocycles. The molecule has 1 aromatic heterocycles. The van der Waals surface area contributed by atoms with Crippen LogP contribution in [0.1, 0.15) is 20.9 Å². The van der Waals surface area contributed by atoms with Crippen LogP contribution < -0.4 is 4.74 Å². The fraction of sp³-hybridized carbons (Fsp3) is 0.217. The first-order chi connectivity index (χ1) is 14.2. The van der Waals surface area contributed by atoms with Crippen molar-refractivity contribution in [3.8, 4) is 16.9 Å². The van der Waals surface area contributed by atoms with Gasteiger partial charge < -0.3 is 19.0 Å². The van der Waals surface area contributed by atoms with Crippen molar-refractivity contribution in [3.05, 3.63) is 78.3 Å². The molecular weight excluding hydrogens is 368 g/mol. The number of amides is 2. The van der Waals surface area contributed by atoms with Crippen molar-refractivity contribution in [3.63, 3.8) is 0 Å². The highest BCUT2D eigenvalue weighted by Crippen LogP contribution is 2.26. The number of hydrogen-bond donors (Lipinski definition) is 0. The van der Waals surface area contributed by atoms with Crippen LogP contribution in [0.25, 0.3) is 11.1 Å². The number of carbonyl (C=O) groups excluding carboxylic acids is 2. The van der Waals surface area contributed by atoms with Gasteiger partial charge in [-0.25, -0.2) is 0 Å². The van der Waals surface area contributed by atoms with Crippen LogP contribution in [0.2, 0.25) is 0 Å². The van der Waals surface area contributed by atoms with Gasteiger partial charge in [0.1, 0.15) is 5.75 Å². The monoisotopic (exact) mass is 390 g/mol. The van der Waals surface area contributed by atoms with Gasteiger partial charge in [-0.2, -0.15) is 0 Å². The van der Waals surface area contributed by atoms with E-state index in [1.165, 1.54) is 6.26 Å². The number of carbonyl (C=O) groups is 2. The number of nitrogens with zero attached hydrogens (tertiary/aromatic N) is 2. The van der Waals surface area contributed by atoms with E-state index in [4.69, 9.17) is 9.15 Å². The van der Waals surface area contributed by atoms with Crippen molar-refractivity contribution in [1.82, 2.24) is 9.80 Å². The first-order valence-electron chi connectivity index (χ1n) is 9.53. The number of piperazine rings is 1. The maximum atomic E-state index is 13.0. The molecule has 1 saturated heterocycles. The minimum atomic E-state index is -0.151. The Morgan fingerprint density at radius 2 is 1.55 bits per heavy atom. The largest absolute Gasteiger partial charge is 0.497 e. The van der Waals surface area contributed by atoms with E-state index >= 15 is 0 Å². The summed E-state index contributed by atoms with van der Waals surface area (Å²) < 4.78 is 10.7. The molecule has 2 amide bonds. The third-order valence-electron chi connectivity index (χ3n) is 5.12. The quantitative estimate of drug-likeness (QED) is 0.683. The van der Waals surface area contributed by atoms with Gasteiger partial charge in [0.2, 0.25) is 0 Å². The molecule has 29 heavy (non-hydrogen) atoms. The van der Waals surface area contributed by atoms with E-state index in [0.29, 0.717) is 43.3 Å². The van der Waals surface area contributed by atoms with Crippen LogP contribution in [0.4, 0.5) is 0 Å². The smallest absolute Gasteiger partial charge is 0.290 e. The molecule has 0 saturated carbocycles. The number of benzene rings is 2. The molecule has 2 heterocycles. The van der Waals surface area contributed by atoms with E-state index in [2.05, 4.69) is 0 Å². The number of hydrogen-bond acceptors (Lipinski definition) is 4. The normalized spacial score (nSPS) is 14.0. The SMILES string of the molecule is COc1cccc(C(=O)N2CCN(C(=O)c3occc3-c3ccccc3)CC2)c1. The third-order valence-corrected chi connectivity index (χ3v) is 5.12. The molecule has 148 valence electrons. The lowest BCUT2D eigenvalue weighted by atomic mass is 10.1. The van der Waals surface area contributed by atoms with E-state index in [1.54, 1.807) is 41.2 Å². The van der Waals surface area contributed by atoms with Crippen LogP contribution in [0.3, 0.4) is 0 Å². The van der Waals surface area contributed by atoms with Crippen LogP contribution in [-0.2, 0) is 0 Å². The lowest BCUT2D eigenvalue weighted by molar-refractivity contribution is 0.0518. The van der Waals surface area contributed by atoms with Gasteiger partial charge in [-0.1, -0.05) is 36.4 Å². The van der Waals surface area contributed by atoms with Crippen molar-refractivity contribution in [1.29, 1.82) is 0 Å². The highest BCUT2D eigenvalue weighted by Gasteiger charge is 2.28. The summed E-state index contributed by atoms with van der Waals surface area (Å²) in [6, 6.07) is 18.6. The van der Waals surface area contributed by atoms with Crippen molar-refractivity contribution in [2.24, 2.45) is 0 Å². The Hall–Kier alpha value is -3.54. The summed E-state index contributed by atoms with van der Waals surface area (Å²) in [7, 11) is 1.58. The maximum Gasteiger partial charge on any atom is 0.290 e. The topological polar surface area (TPSA) is 63.0 Å². The second-order valence-electron chi connectivity index (χ2n) is 6.85. The zero-order chi connectivity index (χ0) is 20.2. The summed E-state index contributed by atoms with van der Waals surface area (Å²) >= 11 is 0. The van der Waals surface area contributed by atoms with Gasteiger partial charge in [0.25, 0.3) is 11.8 Å². The minimum absolute atomic E-state index is 0.0565. The lowest BCUT2D eigenvalue weighted by Gasteiger charge is -2.34. The average Bonchev–Trinajstić information content (AvgIpc) is 3.29. The van der Waals surface area contributed by atoms with Gasteiger partial charge in [0.05, 0.1) is 13.4 Å². The van der Waals surface area contributed by atoms with Crippen LogP contribution >= 0.6 is 0 Å². The van der Waals surface area contributed by atoms with Gasteiger partial charge in [0, 0.05) is 37.3 Å². The Balaban J connectivity index is 1.43. The molecule has 1 fully saturated rings. The second-order valence-corrected chi connectivity index (χ2v) is 6.85. The fourth-order valence-electron chi connectivity index (χ4n) is 3.51. The van der Waals surface area contributed by atoms with E-state index in [1.807, 2.05) is 36.4 Å². The summed E-state index contributed by atoms with van der Waals surface area (Å²) in [4.78, 5) is 29.3. The molecular formula is C23H22N2O4. The van der Waals surface area contributed by atoms with Crippen LogP contribution in [0.15, 0.2) is 71.3 Å². The van der Waals surface area contributed by atoms with Gasteiger partial charge >= 0.3 is 0 Å². The molecule has 6 heteroatoms. The molecule has 1 aliphatic rings. The van der Waals surface area contributed by atoms with E-state index in [9.17, 15) is 9.59 Å². The van der Waals surface area contributed by atoms with Crippen molar-refractivity contribution in [2.75, 3.05) is 33.3 Å². The zero-order valence-electron chi connectivity index (χ0n) is 16.2.